The van der Waals surface area contributed by atoms with E-state index in [-0.39, 0.29) is 18.1 Å². The van der Waals surface area contributed by atoms with Crippen molar-refractivity contribution in [3.63, 3.8) is 0 Å². The van der Waals surface area contributed by atoms with Gasteiger partial charge in [0.25, 0.3) is 5.56 Å². The van der Waals surface area contributed by atoms with Gasteiger partial charge < -0.3 is 14.9 Å². The summed E-state index contributed by atoms with van der Waals surface area (Å²) >= 11 is 1.06. The van der Waals surface area contributed by atoms with Crippen LogP contribution >= 0.6 is 11.8 Å². The average molecular weight is 587 g/mol. The summed E-state index contributed by atoms with van der Waals surface area (Å²) in [6, 6.07) is 21.9. The van der Waals surface area contributed by atoms with Crippen molar-refractivity contribution in [3.05, 3.63) is 117 Å². The van der Waals surface area contributed by atoms with Crippen molar-refractivity contribution in [1.29, 1.82) is 0 Å². The number of ether oxygens (including phenoxy) is 1. The first-order valence-corrected chi connectivity index (χ1v) is 13.8. The standard InChI is InChI=1S/C29H26N6O6S/c1-40-23(37)17-35-27(38)24(25(30)33(29(35)39)15-19-9-4-2-5-10-19)22(36)18-42-28-32-31-26(20-11-6-3-7-12-20)34(28)16-21-13-8-14-41-21/h2-14H,15-18,30H2,1H3. The number of methoxy groups -OCH3 is 1. The zero-order valence-electron chi connectivity index (χ0n) is 22.5. The van der Waals surface area contributed by atoms with Gasteiger partial charge in [-0.25, -0.2) is 9.36 Å². The SMILES string of the molecule is COC(=O)Cn1c(=O)c(C(=O)CSc2nnc(-c3ccccc3)n2Cc2ccco2)c(N)n(Cc2ccccc2)c1=O. The van der Waals surface area contributed by atoms with E-state index in [0.717, 1.165) is 29.0 Å². The van der Waals surface area contributed by atoms with Crippen LogP contribution in [0, 0.1) is 0 Å². The highest BCUT2D eigenvalue weighted by Gasteiger charge is 2.25. The van der Waals surface area contributed by atoms with E-state index in [1.54, 1.807) is 41.2 Å². The minimum absolute atomic E-state index is 0.0156. The molecule has 0 unspecified atom stereocenters. The van der Waals surface area contributed by atoms with Crippen LogP contribution in [0.2, 0.25) is 0 Å². The van der Waals surface area contributed by atoms with Gasteiger partial charge in [0.05, 0.1) is 32.2 Å². The maximum Gasteiger partial charge on any atom is 0.333 e. The molecule has 0 saturated carbocycles. The summed E-state index contributed by atoms with van der Waals surface area (Å²) in [4.78, 5) is 52.2. The first-order valence-electron chi connectivity index (χ1n) is 12.8. The number of ketones is 1. The van der Waals surface area contributed by atoms with Crippen LogP contribution in [0.15, 0.2) is 98.2 Å². The summed E-state index contributed by atoms with van der Waals surface area (Å²) < 4.78 is 13.8. The lowest BCUT2D eigenvalue weighted by Crippen LogP contribution is -2.45. The Morgan fingerprint density at radius 3 is 2.29 bits per heavy atom. The number of hydrogen-bond donors (Lipinski definition) is 1. The van der Waals surface area contributed by atoms with Crippen LogP contribution in [0.4, 0.5) is 5.82 Å². The number of nitrogens with zero attached hydrogens (tertiary/aromatic N) is 5. The summed E-state index contributed by atoms with van der Waals surface area (Å²) in [6.07, 6.45) is 1.56. The van der Waals surface area contributed by atoms with Gasteiger partial charge in [0.2, 0.25) is 0 Å². The molecule has 2 aromatic carbocycles. The van der Waals surface area contributed by atoms with E-state index in [1.165, 1.54) is 0 Å². The number of rotatable bonds is 11. The van der Waals surface area contributed by atoms with Crippen molar-refractivity contribution in [2.24, 2.45) is 0 Å². The monoisotopic (exact) mass is 586 g/mol. The van der Waals surface area contributed by atoms with Crippen molar-refractivity contribution >= 4 is 29.3 Å². The fraction of sp³-hybridized carbons (Fsp3) is 0.172. The van der Waals surface area contributed by atoms with E-state index in [9.17, 15) is 19.2 Å². The summed E-state index contributed by atoms with van der Waals surface area (Å²) in [5.41, 5.74) is 5.62. The molecular formula is C29H26N6O6S. The molecular weight excluding hydrogens is 560 g/mol. The second-order valence-electron chi connectivity index (χ2n) is 9.13. The number of anilines is 1. The number of benzene rings is 2. The molecule has 5 rings (SSSR count). The van der Waals surface area contributed by atoms with Crippen molar-refractivity contribution in [1.82, 2.24) is 23.9 Å². The number of aromatic nitrogens is 5. The zero-order valence-corrected chi connectivity index (χ0v) is 23.3. The predicted octanol–water partition coefficient (Wildman–Crippen LogP) is 2.69. The lowest BCUT2D eigenvalue weighted by Gasteiger charge is -2.16. The maximum atomic E-state index is 13.6. The Morgan fingerprint density at radius 2 is 1.62 bits per heavy atom. The molecule has 0 saturated heterocycles. The summed E-state index contributed by atoms with van der Waals surface area (Å²) in [5.74, 6) is -0.773. The zero-order chi connectivity index (χ0) is 29.6. The van der Waals surface area contributed by atoms with Gasteiger partial charge in [-0.2, -0.15) is 0 Å². The van der Waals surface area contributed by atoms with Crippen LogP contribution in [-0.4, -0.2) is 48.5 Å². The molecule has 0 aliphatic heterocycles. The Bertz CT molecular complexity index is 1830. The van der Waals surface area contributed by atoms with Crippen molar-refractivity contribution in [2.45, 2.75) is 24.8 Å². The highest BCUT2D eigenvalue weighted by atomic mass is 32.2. The lowest BCUT2D eigenvalue weighted by molar-refractivity contribution is -0.141. The molecule has 2 N–H and O–H groups in total. The summed E-state index contributed by atoms with van der Waals surface area (Å²) in [7, 11) is 1.14. The van der Waals surface area contributed by atoms with Gasteiger partial charge in [-0.3, -0.25) is 23.5 Å². The lowest BCUT2D eigenvalue weighted by atomic mass is 10.2. The van der Waals surface area contributed by atoms with E-state index in [2.05, 4.69) is 14.9 Å². The quantitative estimate of drug-likeness (QED) is 0.139. The number of esters is 1. The van der Waals surface area contributed by atoms with Crippen molar-refractivity contribution in [3.8, 4) is 11.4 Å². The smallest absolute Gasteiger partial charge is 0.333 e. The number of carbonyl (C=O) groups is 2. The summed E-state index contributed by atoms with van der Waals surface area (Å²) in [5, 5.41) is 9.03. The largest absolute Gasteiger partial charge is 0.468 e. The van der Waals surface area contributed by atoms with Crippen LogP contribution in [0.5, 0.6) is 0 Å². The summed E-state index contributed by atoms with van der Waals surface area (Å²) in [6.45, 7) is -0.385. The molecule has 0 atom stereocenters. The van der Waals surface area contributed by atoms with Crippen LogP contribution in [0.3, 0.4) is 0 Å². The van der Waals surface area contributed by atoms with Gasteiger partial charge in [0.15, 0.2) is 16.8 Å². The van der Waals surface area contributed by atoms with Crippen molar-refractivity contribution in [2.75, 3.05) is 18.6 Å². The number of carbonyl (C=O) groups excluding carboxylic acids is 2. The van der Waals surface area contributed by atoms with E-state index in [4.69, 9.17) is 10.2 Å². The molecule has 5 aromatic rings. The highest BCUT2D eigenvalue weighted by molar-refractivity contribution is 7.99. The van der Waals surface area contributed by atoms with E-state index in [0.29, 0.717) is 33.4 Å². The third kappa shape index (κ3) is 5.95. The Kier molecular flexibility index (Phi) is 8.48. The van der Waals surface area contributed by atoms with Gasteiger partial charge in [-0.05, 0) is 17.7 Å². The number of nitrogens with two attached hydrogens (primary N) is 1. The molecule has 0 spiro atoms. The number of furan rings is 1. The fourth-order valence-corrected chi connectivity index (χ4v) is 5.14. The minimum Gasteiger partial charge on any atom is -0.468 e. The van der Waals surface area contributed by atoms with Crippen LogP contribution in [0.1, 0.15) is 21.7 Å². The number of Topliss-reactive ketones (excluding diaryl/α,β-unsaturated/α-hetero) is 1. The maximum absolute atomic E-state index is 13.6. The number of thioether (sulfide) groups is 1. The van der Waals surface area contributed by atoms with E-state index in [1.807, 2.05) is 42.5 Å². The molecule has 214 valence electrons. The Labute approximate surface area is 243 Å². The van der Waals surface area contributed by atoms with Crippen LogP contribution in [-0.2, 0) is 29.2 Å². The second kappa shape index (κ2) is 12.6. The number of hydrogen-bond acceptors (Lipinski definition) is 10. The molecule has 0 radical (unpaired) electrons. The Morgan fingerprint density at radius 1 is 0.905 bits per heavy atom. The molecule has 3 aromatic heterocycles. The fourth-order valence-electron chi connectivity index (χ4n) is 4.33. The van der Waals surface area contributed by atoms with Gasteiger partial charge in [0, 0.05) is 5.56 Å². The molecule has 0 bridgehead atoms. The van der Waals surface area contributed by atoms with Crippen molar-refractivity contribution < 1.29 is 18.7 Å². The van der Waals surface area contributed by atoms with Gasteiger partial charge in [-0.1, -0.05) is 72.4 Å². The molecule has 12 nitrogen and oxygen atoms in total. The molecule has 42 heavy (non-hydrogen) atoms. The molecule has 0 aliphatic rings. The van der Waals surface area contributed by atoms with Gasteiger partial charge in [-0.15, -0.1) is 10.2 Å². The van der Waals surface area contributed by atoms with Gasteiger partial charge >= 0.3 is 11.7 Å². The predicted molar refractivity (Wildman–Crippen MR) is 155 cm³/mol. The Balaban J connectivity index is 1.50. The van der Waals surface area contributed by atoms with Gasteiger partial charge in [0.1, 0.15) is 23.7 Å². The molecule has 0 amide bonds. The second-order valence-corrected chi connectivity index (χ2v) is 10.1. The molecule has 13 heteroatoms. The van der Waals surface area contributed by atoms with Crippen LogP contribution < -0.4 is 17.0 Å². The van der Waals surface area contributed by atoms with Crippen LogP contribution in [0.25, 0.3) is 11.4 Å². The topological polar surface area (TPSA) is 157 Å². The third-order valence-electron chi connectivity index (χ3n) is 6.42. The van der Waals surface area contributed by atoms with E-state index >= 15 is 0 Å². The molecule has 0 aliphatic carbocycles. The molecule has 0 fully saturated rings. The highest BCUT2D eigenvalue weighted by Crippen LogP contribution is 2.26. The first kappa shape index (κ1) is 28.4. The van der Waals surface area contributed by atoms with E-state index < -0.39 is 35.1 Å². The Hall–Kier alpha value is -5.17. The molecule has 3 heterocycles. The first-order chi connectivity index (χ1) is 20.4. The average Bonchev–Trinajstić information content (AvgIpc) is 3.67. The normalized spacial score (nSPS) is 11.0. The number of nitrogen functional groups attached to an aromatic ring is 1. The third-order valence-corrected chi connectivity index (χ3v) is 7.39. The minimum atomic E-state index is -0.972.